The van der Waals surface area contributed by atoms with Crippen LogP contribution in [0.3, 0.4) is 0 Å². The van der Waals surface area contributed by atoms with E-state index in [0.717, 1.165) is 9.39 Å². The highest BCUT2D eigenvalue weighted by atomic mass is 127. The summed E-state index contributed by atoms with van der Waals surface area (Å²) in [6, 6.07) is 1.97. The molecule has 1 aromatic heterocycles. The Balaban J connectivity index is 3.01. The molecular weight excluding hydrogens is 229 g/mol. The third-order valence-electron chi connectivity index (χ3n) is 1.16. The van der Waals surface area contributed by atoms with Crippen LogP contribution >= 0.6 is 22.6 Å². The maximum absolute atomic E-state index is 5.40. The van der Waals surface area contributed by atoms with Gasteiger partial charge in [-0.2, -0.15) is 5.10 Å². The molecule has 1 heterocycles. The van der Waals surface area contributed by atoms with Gasteiger partial charge in [-0.3, -0.25) is 4.68 Å². The van der Waals surface area contributed by atoms with Gasteiger partial charge in [-0.1, -0.05) is 0 Å². The third kappa shape index (κ3) is 1.42. The molecule has 0 aliphatic heterocycles. The molecule has 0 aromatic carbocycles. The number of aromatic nitrogens is 2. The molecule has 0 saturated heterocycles. The highest BCUT2D eigenvalue weighted by molar-refractivity contribution is 14.1. The Morgan fingerprint density at radius 3 is 2.78 bits per heavy atom. The molecule has 1 rings (SSSR count). The number of aryl methyl sites for hydroxylation is 1. The van der Waals surface area contributed by atoms with Gasteiger partial charge in [0, 0.05) is 13.6 Å². The molecule has 0 saturated carbocycles. The summed E-state index contributed by atoms with van der Waals surface area (Å²) in [6.45, 7) is 0.562. The van der Waals surface area contributed by atoms with Crippen LogP contribution < -0.4 is 5.73 Å². The van der Waals surface area contributed by atoms with Gasteiger partial charge < -0.3 is 5.73 Å². The summed E-state index contributed by atoms with van der Waals surface area (Å²) in [5.74, 6) is 0. The monoisotopic (exact) mass is 237 g/mol. The molecule has 0 unspecified atom stereocenters. The number of hydrogen-bond acceptors (Lipinski definition) is 2. The minimum atomic E-state index is 0.562. The third-order valence-corrected chi connectivity index (χ3v) is 1.68. The summed E-state index contributed by atoms with van der Waals surface area (Å²) in [7, 11) is 1.89. The highest BCUT2D eigenvalue weighted by Gasteiger charge is 1.97. The van der Waals surface area contributed by atoms with Crippen LogP contribution in [0.2, 0.25) is 0 Å². The number of nitrogens with two attached hydrogens (primary N) is 1. The number of hydrogen-bond donors (Lipinski definition) is 1. The Hall–Kier alpha value is -0.100. The van der Waals surface area contributed by atoms with Crippen molar-refractivity contribution in [2.45, 2.75) is 6.54 Å². The van der Waals surface area contributed by atoms with E-state index in [4.69, 9.17) is 5.73 Å². The molecule has 0 amide bonds. The zero-order chi connectivity index (χ0) is 6.85. The number of halogens is 1. The van der Waals surface area contributed by atoms with Crippen molar-refractivity contribution in [3.8, 4) is 0 Å². The largest absolute Gasteiger partial charge is 0.325 e. The standard InChI is InChI=1S/C5H8IN3/c1-9-4(3-7)2-5(6)8-9/h2H,3,7H2,1H3. The Labute approximate surface area is 67.4 Å². The van der Waals surface area contributed by atoms with E-state index in [0.29, 0.717) is 6.54 Å². The molecule has 2 N–H and O–H groups in total. The second-order valence-electron chi connectivity index (χ2n) is 1.79. The van der Waals surface area contributed by atoms with E-state index in [9.17, 15) is 0 Å². The molecule has 0 spiro atoms. The minimum absolute atomic E-state index is 0.562. The van der Waals surface area contributed by atoms with Gasteiger partial charge >= 0.3 is 0 Å². The lowest BCUT2D eigenvalue weighted by Crippen LogP contribution is -2.03. The van der Waals surface area contributed by atoms with Gasteiger partial charge in [-0.15, -0.1) is 0 Å². The molecule has 0 aliphatic rings. The Morgan fingerprint density at radius 1 is 1.89 bits per heavy atom. The van der Waals surface area contributed by atoms with Crippen LogP contribution in [-0.2, 0) is 13.6 Å². The predicted octanol–water partition coefficient (Wildman–Crippen LogP) is 0.483. The first-order valence-corrected chi connectivity index (χ1v) is 3.70. The maximum Gasteiger partial charge on any atom is 0.123 e. The van der Waals surface area contributed by atoms with Gasteiger partial charge in [0.05, 0.1) is 5.69 Å². The molecule has 1 aromatic rings. The van der Waals surface area contributed by atoms with Gasteiger partial charge in [-0.05, 0) is 28.7 Å². The lowest BCUT2D eigenvalue weighted by atomic mass is 10.4. The number of nitrogens with zero attached hydrogens (tertiary/aromatic N) is 2. The van der Waals surface area contributed by atoms with E-state index in [2.05, 4.69) is 27.7 Å². The lowest BCUT2D eigenvalue weighted by Gasteiger charge is -1.92. The molecule has 50 valence electrons. The summed E-state index contributed by atoms with van der Waals surface area (Å²) in [5.41, 5.74) is 6.47. The first kappa shape index (κ1) is 7.01. The van der Waals surface area contributed by atoms with E-state index in [-0.39, 0.29) is 0 Å². The van der Waals surface area contributed by atoms with E-state index >= 15 is 0 Å². The van der Waals surface area contributed by atoms with Gasteiger partial charge in [0.15, 0.2) is 0 Å². The molecule has 9 heavy (non-hydrogen) atoms. The van der Waals surface area contributed by atoms with E-state index in [1.807, 2.05) is 13.1 Å². The Kier molecular flexibility index (Phi) is 2.07. The quantitative estimate of drug-likeness (QED) is 0.722. The van der Waals surface area contributed by atoms with Gasteiger partial charge in [0.1, 0.15) is 3.70 Å². The zero-order valence-corrected chi connectivity index (χ0v) is 7.29. The van der Waals surface area contributed by atoms with Crippen molar-refractivity contribution in [2.75, 3.05) is 0 Å². The second kappa shape index (κ2) is 2.66. The Bertz CT molecular complexity index is 206. The first-order valence-electron chi connectivity index (χ1n) is 2.62. The van der Waals surface area contributed by atoms with Crippen LogP contribution in [0.5, 0.6) is 0 Å². The van der Waals surface area contributed by atoms with Crippen molar-refractivity contribution >= 4 is 22.6 Å². The molecule has 0 atom stereocenters. The van der Waals surface area contributed by atoms with Gasteiger partial charge in [0.2, 0.25) is 0 Å². The summed E-state index contributed by atoms with van der Waals surface area (Å²) in [5, 5.41) is 4.11. The number of rotatable bonds is 1. The molecule has 0 bridgehead atoms. The van der Waals surface area contributed by atoms with Crippen molar-refractivity contribution in [3.05, 3.63) is 15.5 Å². The molecule has 0 aliphatic carbocycles. The van der Waals surface area contributed by atoms with Crippen molar-refractivity contribution in [1.29, 1.82) is 0 Å². The normalized spacial score (nSPS) is 10.1. The van der Waals surface area contributed by atoms with E-state index in [1.54, 1.807) is 4.68 Å². The molecular formula is C5H8IN3. The molecule has 3 nitrogen and oxygen atoms in total. The van der Waals surface area contributed by atoms with Crippen molar-refractivity contribution < 1.29 is 0 Å². The molecule has 4 heteroatoms. The smallest absolute Gasteiger partial charge is 0.123 e. The maximum atomic E-state index is 5.40. The topological polar surface area (TPSA) is 43.8 Å². The predicted molar refractivity (Wildman–Crippen MR) is 43.8 cm³/mol. The van der Waals surface area contributed by atoms with Crippen molar-refractivity contribution in [1.82, 2.24) is 9.78 Å². The van der Waals surface area contributed by atoms with Gasteiger partial charge in [0.25, 0.3) is 0 Å². The van der Waals surface area contributed by atoms with Crippen LogP contribution in [0.1, 0.15) is 5.69 Å². The summed E-state index contributed by atoms with van der Waals surface area (Å²) >= 11 is 2.16. The minimum Gasteiger partial charge on any atom is -0.325 e. The van der Waals surface area contributed by atoms with Crippen LogP contribution in [0.15, 0.2) is 6.07 Å². The van der Waals surface area contributed by atoms with E-state index < -0.39 is 0 Å². The Morgan fingerprint density at radius 2 is 2.56 bits per heavy atom. The first-order chi connectivity index (χ1) is 4.24. The lowest BCUT2D eigenvalue weighted by molar-refractivity contribution is 0.707. The average Bonchev–Trinajstić information content (AvgIpc) is 2.10. The van der Waals surface area contributed by atoms with E-state index in [1.165, 1.54) is 0 Å². The molecule has 0 radical (unpaired) electrons. The summed E-state index contributed by atoms with van der Waals surface area (Å²) in [4.78, 5) is 0. The van der Waals surface area contributed by atoms with Crippen LogP contribution in [0.4, 0.5) is 0 Å². The summed E-state index contributed by atoms with van der Waals surface area (Å²) < 4.78 is 2.79. The highest BCUT2D eigenvalue weighted by Crippen LogP contribution is 2.03. The average molecular weight is 237 g/mol. The van der Waals surface area contributed by atoms with Gasteiger partial charge in [-0.25, -0.2) is 0 Å². The zero-order valence-electron chi connectivity index (χ0n) is 5.13. The van der Waals surface area contributed by atoms with Crippen LogP contribution in [0.25, 0.3) is 0 Å². The summed E-state index contributed by atoms with van der Waals surface area (Å²) in [6.07, 6.45) is 0. The second-order valence-corrected chi connectivity index (χ2v) is 2.89. The molecule has 0 fully saturated rings. The van der Waals surface area contributed by atoms with Crippen LogP contribution in [0, 0.1) is 3.70 Å². The van der Waals surface area contributed by atoms with Crippen molar-refractivity contribution in [3.63, 3.8) is 0 Å². The van der Waals surface area contributed by atoms with Crippen molar-refractivity contribution in [2.24, 2.45) is 12.8 Å². The SMILES string of the molecule is Cn1nc(I)cc1CN. The fourth-order valence-electron chi connectivity index (χ4n) is 0.658. The van der Waals surface area contributed by atoms with Crippen LogP contribution in [-0.4, -0.2) is 9.78 Å². The fourth-order valence-corrected chi connectivity index (χ4v) is 1.34. The fraction of sp³-hybridized carbons (Fsp3) is 0.400.